The number of hydrogen-bond donors (Lipinski definition) is 1. The number of nitrogens with zero attached hydrogens (tertiary/aromatic N) is 3. The van der Waals surface area contributed by atoms with Crippen molar-refractivity contribution < 1.29 is 18.8 Å². The number of hydrogen-bond acceptors (Lipinski definition) is 4. The normalized spacial score (nSPS) is 18.3. The summed E-state index contributed by atoms with van der Waals surface area (Å²) in [7, 11) is 1.81. The number of amides is 3. The zero-order valence-electron chi connectivity index (χ0n) is 20.8. The van der Waals surface area contributed by atoms with Gasteiger partial charge in [0.1, 0.15) is 17.4 Å². The number of likely N-dealkylation sites (tertiary alicyclic amines) is 1. The minimum Gasteiger partial charge on any atom is -0.341 e. The van der Waals surface area contributed by atoms with Crippen molar-refractivity contribution in [3.05, 3.63) is 65.5 Å². The van der Waals surface area contributed by atoms with Gasteiger partial charge >= 0.3 is 0 Å². The van der Waals surface area contributed by atoms with Crippen LogP contribution in [0.2, 0.25) is 0 Å². The van der Waals surface area contributed by atoms with Crippen molar-refractivity contribution in [3.8, 4) is 0 Å². The molecule has 8 heteroatoms. The second-order valence-electron chi connectivity index (χ2n) is 9.98. The third-order valence-corrected chi connectivity index (χ3v) is 7.11. The van der Waals surface area contributed by atoms with Gasteiger partial charge in [0, 0.05) is 31.4 Å². The number of carbonyl (C=O) groups excluding carboxylic acids is 3. The molecule has 0 radical (unpaired) electrons. The average molecular weight is 481 g/mol. The topological polar surface area (TPSA) is 73.0 Å². The summed E-state index contributed by atoms with van der Waals surface area (Å²) in [6.45, 7) is 6.80. The summed E-state index contributed by atoms with van der Waals surface area (Å²) in [5.41, 5.74) is 1.14. The second kappa shape index (κ2) is 9.68. The van der Waals surface area contributed by atoms with E-state index in [0.29, 0.717) is 38.2 Å². The van der Waals surface area contributed by atoms with Crippen LogP contribution < -0.4 is 10.2 Å². The van der Waals surface area contributed by atoms with E-state index in [9.17, 15) is 18.8 Å². The van der Waals surface area contributed by atoms with Gasteiger partial charge < -0.3 is 20.0 Å². The van der Waals surface area contributed by atoms with Gasteiger partial charge in [-0.25, -0.2) is 4.39 Å². The van der Waals surface area contributed by atoms with Gasteiger partial charge in [-0.1, -0.05) is 32.0 Å². The van der Waals surface area contributed by atoms with Crippen LogP contribution in [0.4, 0.5) is 10.1 Å². The maximum atomic E-state index is 13.8. The highest BCUT2D eigenvalue weighted by atomic mass is 19.1. The summed E-state index contributed by atoms with van der Waals surface area (Å²) < 4.78 is 13.8. The maximum Gasteiger partial charge on any atom is 0.252 e. The van der Waals surface area contributed by atoms with Gasteiger partial charge in [0.2, 0.25) is 11.8 Å². The van der Waals surface area contributed by atoms with Crippen molar-refractivity contribution in [3.63, 3.8) is 0 Å². The molecule has 1 unspecified atom stereocenters. The lowest BCUT2D eigenvalue weighted by molar-refractivity contribution is -0.139. The fourth-order valence-corrected chi connectivity index (χ4v) is 5.20. The quantitative estimate of drug-likeness (QED) is 0.714. The third kappa shape index (κ3) is 4.74. The lowest BCUT2D eigenvalue weighted by Crippen LogP contribution is -2.60. The summed E-state index contributed by atoms with van der Waals surface area (Å²) in [6.07, 6.45) is 1.03. The number of halogens is 1. The van der Waals surface area contributed by atoms with E-state index in [0.717, 1.165) is 5.69 Å². The average Bonchev–Trinajstić information content (AvgIpc) is 3.07. The van der Waals surface area contributed by atoms with E-state index in [2.05, 4.69) is 10.2 Å². The van der Waals surface area contributed by atoms with Crippen molar-refractivity contribution in [2.45, 2.75) is 45.2 Å². The number of aryl methyl sites for hydroxylation is 1. The van der Waals surface area contributed by atoms with Crippen LogP contribution in [0.5, 0.6) is 0 Å². The van der Waals surface area contributed by atoms with Crippen LogP contribution in [0.3, 0.4) is 0 Å². The first-order valence-corrected chi connectivity index (χ1v) is 12.1. The largest absolute Gasteiger partial charge is 0.341 e. The van der Waals surface area contributed by atoms with Gasteiger partial charge in [-0.3, -0.25) is 14.4 Å². The third-order valence-electron chi connectivity index (χ3n) is 7.11. The molecule has 2 aromatic rings. The van der Waals surface area contributed by atoms with E-state index in [4.69, 9.17) is 0 Å². The van der Waals surface area contributed by atoms with Crippen LogP contribution >= 0.6 is 0 Å². The molecule has 0 bridgehead atoms. The highest BCUT2D eigenvalue weighted by Crippen LogP contribution is 2.39. The molecule has 0 aromatic heterocycles. The molecule has 2 heterocycles. The van der Waals surface area contributed by atoms with Gasteiger partial charge in [0.15, 0.2) is 0 Å². The molecule has 0 aliphatic carbocycles. The molecule has 2 aliphatic rings. The molecule has 1 N–H and O–H groups in total. The minimum atomic E-state index is -0.743. The summed E-state index contributed by atoms with van der Waals surface area (Å²) in [4.78, 5) is 45.2. The molecule has 1 spiro atoms. The number of anilines is 1. The zero-order valence-corrected chi connectivity index (χ0v) is 20.8. The summed E-state index contributed by atoms with van der Waals surface area (Å²) in [5, 5.41) is 2.81. The first kappa shape index (κ1) is 24.7. The number of carbonyl (C=O) groups is 3. The van der Waals surface area contributed by atoms with Crippen LogP contribution in [-0.4, -0.2) is 65.9 Å². The number of rotatable bonds is 5. The second-order valence-corrected chi connectivity index (χ2v) is 9.98. The number of likely N-dealkylation sites (N-methyl/N-ethyl adjacent to an activating group) is 1. The Morgan fingerprint density at radius 1 is 1.06 bits per heavy atom. The zero-order chi connectivity index (χ0) is 25.3. The number of benzene rings is 2. The Labute approximate surface area is 205 Å². The molecular formula is C27H33FN4O3. The highest BCUT2D eigenvalue weighted by molar-refractivity contribution is 5.98. The van der Waals surface area contributed by atoms with E-state index in [1.54, 1.807) is 22.8 Å². The fourth-order valence-electron chi connectivity index (χ4n) is 5.20. The van der Waals surface area contributed by atoms with Crippen molar-refractivity contribution in [2.24, 2.45) is 5.92 Å². The van der Waals surface area contributed by atoms with Crippen LogP contribution in [-0.2, 0) is 9.59 Å². The predicted octanol–water partition coefficient (Wildman–Crippen LogP) is 3.19. The van der Waals surface area contributed by atoms with E-state index in [1.165, 1.54) is 12.1 Å². The maximum absolute atomic E-state index is 13.8. The standard InChI is InChI=1S/C27H33FN4O3/c1-18(2)23(29-24(33)20-14-19(3)15-21(28)16-20)25(34)31-12-10-27(11-13-31)26(35)30(4)17-32(27)22-8-6-5-7-9-22/h5-9,14-16,18,23H,10-13,17H2,1-4H3,(H,29,33). The molecule has 35 heavy (non-hydrogen) atoms. The highest BCUT2D eigenvalue weighted by Gasteiger charge is 2.53. The van der Waals surface area contributed by atoms with Crippen LogP contribution in [0, 0.1) is 18.7 Å². The predicted molar refractivity (Wildman–Crippen MR) is 132 cm³/mol. The van der Waals surface area contributed by atoms with Gasteiger partial charge in [-0.2, -0.15) is 0 Å². The molecule has 1 atom stereocenters. The molecular weight excluding hydrogens is 447 g/mol. The van der Waals surface area contributed by atoms with Crippen LogP contribution in [0.25, 0.3) is 0 Å². The number of para-hydroxylation sites is 1. The van der Waals surface area contributed by atoms with Crippen molar-refractivity contribution in [1.29, 1.82) is 0 Å². The molecule has 7 nitrogen and oxygen atoms in total. The van der Waals surface area contributed by atoms with Crippen LogP contribution in [0.1, 0.15) is 42.6 Å². The molecule has 0 saturated carbocycles. The summed E-state index contributed by atoms with van der Waals surface area (Å²) >= 11 is 0. The molecule has 2 saturated heterocycles. The van der Waals surface area contributed by atoms with Crippen molar-refractivity contribution in [2.75, 3.05) is 31.7 Å². The van der Waals surface area contributed by atoms with Crippen LogP contribution in [0.15, 0.2) is 48.5 Å². The van der Waals surface area contributed by atoms with Crippen molar-refractivity contribution >= 4 is 23.4 Å². The number of nitrogens with one attached hydrogen (secondary N) is 1. The van der Waals surface area contributed by atoms with E-state index in [-0.39, 0.29) is 23.3 Å². The van der Waals surface area contributed by atoms with Crippen molar-refractivity contribution in [1.82, 2.24) is 15.1 Å². The Bertz CT molecular complexity index is 1090. The molecule has 186 valence electrons. The van der Waals surface area contributed by atoms with Gasteiger partial charge in [0.05, 0.1) is 6.67 Å². The molecule has 2 aromatic carbocycles. The van der Waals surface area contributed by atoms with E-state index < -0.39 is 23.3 Å². The Hall–Kier alpha value is -3.42. The monoisotopic (exact) mass is 480 g/mol. The minimum absolute atomic E-state index is 0.0728. The Morgan fingerprint density at radius 3 is 2.31 bits per heavy atom. The van der Waals surface area contributed by atoms with Gasteiger partial charge in [-0.15, -0.1) is 0 Å². The number of piperidine rings is 1. The smallest absolute Gasteiger partial charge is 0.252 e. The molecule has 4 rings (SSSR count). The Morgan fingerprint density at radius 2 is 1.71 bits per heavy atom. The Balaban J connectivity index is 1.48. The summed E-state index contributed by atoms with van der Waals surface area (Å²) in [6, 6.07) is 13.3. The van der Waals surface area contributed by atoms with Gasteiger partial charge in [0.25, 0.3) is 5.91 Å². The van der Waals surface area contributed by atoms with E-state index in [1.807, 2.05) is 51.2 Å². The lowest BCUT2D eigenvalue weighted by atomic mass is 9.85. The first-order chi connectivity index (χ1) is 16.6. The Kier molecular flexibility index (Phi) is 6.83. The van der Waals surface area contributed by atoms with E-state index >= 15 is 0 Å². The molecule has 2 aliphatic heterocycles. The molecule has 3 amide bonds. The molecule has 2 fully saturated rings. The fraction of sp³-hybridized carbons (Fsp3) is 0.444. The lowest BCUT2D eigenvalue weighted by Gasteiger charge is -2.44. The first-order valence-electron chi connectivity index (χ1n) is 12.1. The SMILES string of the molecule is Cc1cc(F)cc(C(=O)NC(C(=O)N2CCC3(CC2)C(=O)N(C)CN3c2ccccc2)C(C)C)c1. The van der Waals surface area contributed by atoms with Gasteiger partial charge in [-0.05, 0) is 61.6 Å². The summed E-state index contributed by atoms with van der Waals surface area (Å²) in [5.74, 6) is -1.23.